The molecule has 2 aliphatic heterocycles. The van der Waals surface area contributed by atoms with Crippen LogP contribution in [0.25, 0.3) is 0 Å². The molecule has 108 valence electrons. The molecule has 0 aromatic rings. The van der Waals surface area contributed by atoms with Gasteiger partial charge in [0, 0.05) is 19.2 Å². The van der Waals surface area contributed by atoms with Gasteiger partial charge >= 0.3 is 5.97 Å². The van der Waals surface area contributed by atoms with Crippen LogP contribution >= 0.6 is 0 Å². The van der Waals surface area contributed by atoms with Crippen molar-refractivity contribution in [3.8, 4) is 0 Å². The molecular weight excluding hydrogens is 242 g/mol. The molecule has 2 saturated heterocycles. The van der Waals surface area contributed by atoms with E-state index >= 15 is 0 Å². The first-order valence-electron chi connectivity index (χ1n) is 7.86. The molecule has 4 heteroatoms. The Morgan fingerprint density at radius 2 is 2.05 bits per heavy atom. The molecule has 4 unspecified atom stereocenters. The number of nitrogens with zero attached hydrogens (tertiary/aromatic N) is 1. The minimum Gasteiger partial charge on any atom is -0.480 e. The molecule has 1 aliphatic carbocycles. The van der Waals surface area contributed by atoms with Crippen molar-refractivity contribution in [2.24, 2.45) is 5.92 Å². The van der Waals surface area contributed by atoms with E-state index in [9.17, 15) is 9.90 Å². The molecule has 4 atom stereocenters. The van der Waals surface area contributed by atoms with Crippen molar-refractivity contribution in [1.29, 1.82) is 0 Å². The number of carbonyl (C=O) groups is 1. The Labute approximate surface area is 115 Å². The molecule has 4 nitrogen and oxygen atoms in total. The van der Waals surface area contributed by atoms with Crippen LogP contribution in [0, 0.1) is 5.92 Å². The number of carboxylic acids is 1. The lowest BCUT2D eigenvalue weighted by molar-refractivity contribution is -0.142. The van der Waals surface area contributed by atoms with Crippen molar-refractivity contribution in [1.82, 2.24) is 4.90 Å². The highest BCUT2D eigenvalue weighted by molar-refractivity contribution is 5.74. The van der Waals surface area contributed by atoms with Crippen LogP contribution in [0.15, 0.2) is 0 Å². The van der Waals surface area contributed by atoms with Crippen molar-refractivity contribution < 1.29 is 14.6 Å². The van der Waals surface area contributed by atoms with Crippen LogP contribution in [-0.4, -0.2) is 47.3 Å². The van der Waals surface area contributed by atoms with E-state index < -0.39 is 5.97 Å². The fourth-order valence-corrected chi connectivity index (χ4v) is 4.28. The van der Waals surface area contributed by atoms with Gasteiger partial charge in [-0.1, -0.05) is 12.8 Å². The molecular formula is C15H25NO3. The zero-order valence-electron chi connectivity index (χ0n) is 11.6. The number of aliphatic carboxylic acids is 1. The first-order chi connectivity index (χ1) is 9.25. The van der Waals surface area contributed by atoms with E-state index in [2.05, 4.69) is 4.90 Å². The van der Waals surface area contributed by atoms with E-state index in [4.69, 9.17) is 4.74 Å². The molecule has 1 saturated carbocycles. The standard InChI is InChI=1S/C15H25NO3/c17-15(18)14-10-11-4-1-2-6-13(11)16(14)8-7-12-5-3-9-19-12/h11-14H,1-10H2,(H,17,18). The fraction of sp³-hybridized carbons (Fsp3) is 0.933. The van der Waals surface area contributed by atoms with Crippen LogP contribution in [0.3, 0.4) is 0 Å². The summed E-state index contributed by atoms with van der Waals surface area (Å²) in [6.45, 7) is 1.79. The van der Waals surface area contributed by atoms with Crippen LogP contribution < -0.4 is 0 Å². The molecule has 0 spiro atoms. The minimum atomic E-state index is -0.623. The first-order valence-corrected chi connectivity index (χ1v) is 7.86. The molecule has 2 heterocycles. The number of ether oxygens (including phenoxy) is 1. The third-order valence-corrected chi connectivity index (χ3v) is 5.24. The summed E-state index contributed by atoms with van der Waals surface area (Å²) in [6.07, 6.45) is 9.54. The van der Waals surface area contributed by atoms with Gasteiger partial charge in [-0.2, -0.15) is 0 Å². The molecule has 0 bridgehead atoms. The van der Waals surface area contributed by atoms with E-state index in [0.29, 0.717) is 18.1 Å². The number of rotatable bonds is 4. The second-order valence-electron chi connectivity index (χ2n) is 6.36. The van der Waals surface area contributed by atoms with E-state index in [0.717, 1.165) is 32.4 Å². The van der Waals surface area contributed by atoms with Crippen LogP contribution in [0.1, 0.15) is 51.4 Å². The van der Waals surface area contributed by atoms with Crippen molar-refractivity contribution in [3.63, 3.8) is 0 Å². The average molecular weight is 267 g/mol. The highest BCUT2D eigenvalue weighted by Gasteiger charge is 2.44. The predicted octanol–water partition coefficient (Wildman–Crippen LogP) is 2.27. The number of likely N-dealkylation sites (tertiary alicyclic amines) is 1. The third-order valence-electron chi connectivity index (χ3n) is 5.24. The summed E-state index contributed by atoms with van der Waals surface area (Å²) in [5.74, 6) is 0.00101. The van der Waals surface area contributed by atoms with Crippen molar-refractivity contribution >= 4 is 5.97 Å². The topological polar surface area (TPSA) is 49.8 Å². The van der Waals surface area contributed by atoms with E-state index in [1.54, 1.807) is 0 Å². The van der Waals surface area contributed by atoms with Crippen LogP contribution in [0.4, 0.5) is 0 Å². The second-order valence-corrected chi connectivity index (χ2v) is 6.36. The van der Waals surface area contributed by atoms with Crippen molar-refractivity contribution in [2.75, 3.05) is 13.2 Å². The van der Waals surface area contributed by atoms with Gasteiger partial charge in [-0.3, -0.25) is 9.69 Å². The van der Waals surface area contributed by atoms with Gasteiger partial charge in [-0.15, -0.1) is 0 Å². The fourth-order valence-electron chi connectivity index (χ4n) is 4.28. The van der Waals surface area contributed by atoms with Gasteiger partial charge in [0.25, 0.3) is 0 Å². The molecule has 0 radical (unpaired) electrons. The highest BCUT2D eigenvalue weighted by atomic mass is 16.5. The van der Waals surface area contributed by atoms with Crippen LogP contribution in [0.2, 0.25) is 0 Å². The smallest absolute Gasteiger partial charge is 0.320 e. The molecule has 3 aliphatic rings. The summed E-state index contributed by atoms with van der Waals surface area (Å²) in [4.78, 5) is 13.8. The van der Waals surface area contributed by atoms with Crippen LogP contribution in [-0.2, 0) is 9.53 Å². The lowest BCUT2D eigenvalue weighted by atomic mass is 9.84. The van der Waals surface area contributed by atoms with Gasteiger partial charge in [0.05, 0.1) is 6.10 Å². The minimum absolute atomic E-state index is 0.241. The molecule has 0 amide bonds. The summed E-state index contributed by atoms with van der Waals surface area (Å²) in [6, 6.07) is 0.283. The molecule has 3 fully saturated rings. The Morgan fingerprint density at radius 1 is 1.21 bits per heavy atom. The van der Waals surface area contributed by atoms with Crippen LogP contribution in [0.5, 0.6) is 0 Å². The Morgan fingerprint density at radius 3 is 2.79 bits per heavy atom. The number of hydrogen-bond acceptors (Lipinski definition) is 3. The lowest BCUT2D eigenvalue weighted by Crippen LogP contribution is -2.43. The van der Waals surface area contributed by atoms with Gasteiger partial charge < -0.3 is 9.84 Å². The quantitative estimate of drug-likeness (QED) is 0.849. The second kappa shape index (κ2) is 5.80. The van der Waals surface area contributed by atoms with Gasteiger partial charge in [-0.25, -0.2) is 0 Å². The van der Waals surface area contributed by atoms with E-state index in [1.165, 1.54) is 32.1 Å². The summed E-state index contributed by atoms with van der Waals surface area (Å²) in [5, 5.41) is 9.45. The summed E-state index contributed by atoms with van der Waals surface area (Å²) in [7, 11) is 0. The Balaban J connectivity index is 1.62. The maximum absolute atomic E-state index is 11.5. The number of carboxylic acid groups (broad SMARTS) is 1. The Bertz CT molecular complexity index is 327. The van der Waals surface area contributed by atoms with Gasteiger partial charge in [0.1, 0.15) is 6.04 Å². The third kappa shape index (κ3) is 2.79. The largest absolute Gasteiger partial charge is 0.480 e. The van der Waals surface area contributed by atoms with E-state index in [1.807, 2.05) is 0 Å². The molecule has 0 aromatic carbocycles. The number of hydrogen-bond donors (Lipinski definition) is 1. The Kier molecular flexibility index (Phi) is 4.08. The zero-order chi connectivity index (χ0) is 13.2. The molecule has 19 heavy (non-hydrogen) atoms. The molecule has 0 aromatic heterocycles. The van der Waals surface area contributed by atoms with Gasteiger partial charge in [0.15, 0.2) is 0 Å². The van der Waals surface area contributed by atoms with E-state index in [-0.39, 0.29) is 6.04 Å². The zero-order valence-corrected chi connectivity index (χ0v) is 11.6. The van der Waals surface area contributed by atoms with Crippen molar-refractivity contribution in [2.45, 2.75) is 69.6 Å². The maximum atomic E-state index is 11.5. The highest BCUT2D eigenvalue weighted by Crippen LogP contribution is 2.40. The SMILES string of the molecule is O=C(O)C1CC2CCCCC2N1CCC1CCCO1. The Hall–Kier alpha value is -0.610. The number of fused-ring (bicyclic) bond motifs is 1. The summed E-state index contributed by atoms with van der Waals surface area (Å²) >= 11 is 0. The predicted molar refractivity (Wildman–Crippen MR) is 72.1 cm³/mol. The molecule has 3 rings (SSSR count). The maximum Gasteiger partial charge on any atom is 0.320 e. The normalized spacial score (nSPS) is 39.4. The average Bonchev–Trinajstić information content (AvgIpc) is 3.03. The summed E-state index contributed by atoms with van der Waals surface area (Å²) < 4.78 is 5.67. The van der Waals surface area contributed by atoms with Gasteiger partial charge in [-0.05, 0) is 44.4 Å². The lowest BCUT2D eigenvalue weighted by Gasteiger charge is -2.33. The monoisotopic (exact) mass is 267 g/mol. The summed E-state index contributed by atoms with van der Waals surface area (Å²) in [5.41, 5.74) is 0. The van der Waals surface area contributed by atoms with Crippen molar-refractivity contribution in [3.05, 3.63) is 0 Å². The molecule has 1 N–H and O–H groups in total. The van der Waals surface area contributed by atoms with Gasteiger partial charge in [0.2, 0.25) is 0 Å². The first kappa shape index (κ1) is 13.4.